The van der Waals surface area contributed by atoms with Crippen LogP contribution in [0.25, 0.3) is 0 Å². The summed E-state index contributed by atoms with van der Waals surface area (Å²) in [5, 5.41) is 3.87. The van der Waals surface area contributed by atoms with E-state index in [9.17, 15) is 4.79 Å². The monoisotopic (exact) mass is 343 g/mol. The first-order valence-corrected chi connectivity index (χ1v) is 9.32. The Bertz CT molecular complexity index is 688. The van der Waals surface area contributed by atoms with Gasteiger partial charge in [-0.2, -0.15) is 11.3 Å². The summed E-state index contributed by atoms with van der Waals surface area (Å²) in [6.07, 6.45) is 3.87. The Balaban J connectivity index is 1.50. The van der Waals surface area contributed by atoms with Crippen molar-refractivity contribution >= 4 is 23.1 Å². The molecule has 2 aromatic heterocycles. The molecule has 2 aromatic rings. The van der Waals surface area contributed by atoms with E-state index in [4.69, 9.17) is 4.74 Å². The van der Waals surface area contributed by atoms with Crippen LogP contribution in [-0.2, 0) is 4.74 Å². The standard InChI is InChI=1S/C18H21N3O2S/c22-17(15-5-11-24-12-15)21-9-10-23-18(14-21)6-3-8-20(13-18)16-4-1-2-7-19-16/h1-2,4-5,7,11-12H,3,6,8-10,13-14H2/t18-/m1/s1. The highest BCUT2D eigenvalue weighted by molar-refractivity contribution is 7.08. The second-order valence-corrected chi connectivity index (χ2v) is 7.26. The first kappa shape index (κ1) is 15.6. The molecule has 0 radical (unpaired) electrons. The minimum Gasteiger partial charge on any atom is -0.369 e. The first-order valence-electron chi connectivity index (χ1n) is 8.37. The third-order valence-electron chi connectivity index (χ3n) is 4.82. The molecule has 4 rings (SSSR count). The van der Waals surface area contributed by atoms with Gasteiger partial charge in [-0.05, 0) is 36.4 Å². The molecule has 2 saturated heterocycles. The quantitative estimate of drug-likeness (QED) is 0.841. The summed E-state index contributed by atoms with van der Waals surface area (Å²) in [6.45, 7) is 3.70. The van der Waals surface area contributed by atoms with Crippen molar-refractivity contribution in [3.05, 3.63) is 46.8 Å². The molecule has 1 atom stereocenters. The maximum absolute atomic E-state index is 12.7. The lowest BCUT2D eigenvalue weighted by Gasteiger charge is -2.48. The van der Waals surface area contributed by atoms with Gasteiger partial charge in [-0.15, -0.1) is 0 Å². The van der Waals surface area contributed by atoms with Crippen molar-refractivity contribution in [2.75, 3.05) is 37.7 Å². The molecule has 2 fully saturated rings. The van der Waals surface area contributed by atoms with E-state index in [1.807, 2.05) is 46.1 Å². The lowest BCUT2D eigenvalue weighted by Crippen LogP contribution is -2.61. The summed E-state index contributed by atoms with van der Waals surface area (Å²) in [5.74, 6) is 1.11. The largest absolute Gasteiger partial charge is 0.369 e. The molecule has 0 N–H and O–H groups in total. The Morgan fingerprint density at radius 3 is 3.00 bits per heavy atom. The van der Waals surface area contributed by atoms with Gasteiger partial charge in [0.2, 0.25) is 0 Å². The Hall–Kier alpha value is -1.92. The van der Waals surface area contributed by atoms with Gasteiger partial charge >= 0.3 is 0 Å². The number of carbonyl (C=O) groups is 1. The van der Waals surface area contributed by atoms with Crippen LogP contribution in [0.3, 0.4) is 0 Å². The maximum Gasteiger partial charge on any atom is 0.254 e. The van der Waals surface area contributed by atoms with Gasteiger partial charge in [-0.3, -0.25) is 4.79 Å². The zero-order valence-electron chi connectivity index (χ0n) is 13.6. The van der Waals surface area contributed by atoms with Crippen LogP contribution in [0.15, 0.2) is 41.2 Å². The number of pyridine rings is 1. The number of aromatic nitrogens is 1. The third kappa shape index (κ3) is 3.03. The molecule has 0 aromatic carbocycles. The maximum atomic E-state index is 12.7. The third-order valence-corrected chi connectivity index (χ3v) is 5.50. The van der Waals surface area contributed by atoms with Gasteiger partial charge in [-0.25, -0.2) is 4.98 Å². The molecule has 24 heavy (non-hydrogen) atoms. The predicted octanol–water partition coefficient (Wildman–Crippen LogP) is 2.65. The molecular weight excluding hydrogens is 322 g/mol. The fourth-order valence-electron chi connectivity index (χ4n) is 3.67. The zero-order chi connectivity index (χ0) is 16.4. The molecule has 0 unspecified atom stereocenters. The van der Waals surface area contributed by atoms with Gasteiger partial charge in [0.05, 0.1) is 25.3 Å². The molecule has 126 valence electrons. The van der Waals surface area contributed by atoms with E-state index in [0.29, 0.717) is 19.7 Å². The minimum atomic E-state index is -0.278. The number of piperidine rings is 1. The van der Waals surface area contributed by atoms with Crippen molar-refractivity contribution in [2.24, 2.45) is 0 Å². The number of ether oxygens (including phenoxy) is 1. The van der Waals surface area contributed by atoms with E-state index in [1.165, 1.54) is 0 Å². The Morgan fingerprint density at radius 1 is 1.25 bits per heavy atom. The topological polar surface area (TPSA) is 45.7 Å². The second-order valence-electron chi connectivity index (χ2n) is 6.48. The number of hydrogen-bond donors (Lipinski definition) is 0. The van der Waals surface area contributed by atoms with Crippen LogP contribution in [0.2, 0.25) is 0 Å². The minimum absolute atomic E-state index is 0.119. The van der Waals surface area contributed by atoms with E-state index in [0.717, 1.165) is 37.3 Å². The van der Waals surface area contributed by atoms with Gasteiger partial charge in [-0.1, -0.05) is 6.07 Å². The summed E-state index contributed by atoms with van der Waals surface area (Å²) >= 11 is 1.56. The Kier molecular flexibility index (Phi) is 4.24. The molecule has 0 bridgehead atoms. The molecule has 5 nitrogen and oxygen atoms in total. The fraction of sp³-hybridized carbons (Fsp3) is 0.444. The first-order chi connectivity index (χ1) is 11.8. The van der Waals surface area contributed by atoms with Gasteiger partial charge in [0.15, 0.2) is 0 Å². The van der Waals surface area contributed by atoms with Gasteiger partial charge in [0.25, 0.3) is 5.91 Å². The highest BCUT2D eigenvalue weighted by Crippen LogP contribution is 2.31. The van der Waals surface area contributed by atoms with Crippen molar-refractivity contribution in [3.8, 4) is 0 Å². The second kappa shape index (κ2) is 6.53. The number of carbonyl (C=O) groups excluding carboxylic acids is 1. The van der Waals surface area contributed by atoms with E-state index in [1.54, 1.807) is 11.3 Å². The Morgan fingerprint density at radius 2 is 2.21 bits per heavy atom. The van der Waals surface area contributed by atoms with Crippen LogP contribution in [0.1, 0.15) is 23.2 Å². The molecule has 1 spiro atoms. The van der Waals surface area contributed by atoms with Crippen molar-refractivity contribution in [1.82, 2.24) is 9.88 Å². The molecule has 2 aliphatic rings. The van der Waals surface area contributed by atoms with Crippen molar-refractivity contribution in [2.45, 2.75) is 18.4 Å². The Labute approximate surface area is 145 Å². The molecular formula is C18H21N3O2S. The summed E-state index contributed by atoms with van der Waals surface area (Å²) in [6, 6.07) is 7.88. The van der Waals surface area contributed by atoms with Crippen LogP contribution in [0.4, 0.5) is 5.82 Å². The summed E-state index contributed by atoms with van der Waals surface area (Å²) in [4.78, 5) is 21.4. The van der Waals surface area contributed by atoms with E-state index >= 15 is 0 Å². The van der Waals surface area contributed by atoms with Crippen LogP contribution in [-0.4, -0.2) is 54.2 Å². The number of amides is 1. The number of thiophene rings is 1. The summed E-state index contributed by atoms with van der Waals surface area (Å²) in [7, 11) is 0. The molecule has 4 heterocycles. The smallest absolute Gasteiger partial charge is 0.254 e. The lowest BCUT2D eigenvalue weighted by molar-refractivity contribution is -0.105. The summed E-state index contributed by atoms with van der Waals surface area (Å²) < 4.78 is 6.20. The molecule has 2 aliphatic heterocycles. The van der Waals surface area contributed by atoms with Gasteiger partial charge < -0.3 is 14.5 Å². The molecule has 0 saturated carbocycles. The normalized spacial score (nSPS) is 24.3. The molecule has 6 heteroatoms. The summed E-state index contributed by atoms with van der Waals surface area (Å²) in [5.41, 5.74) is 0.508. The van der Waals surface area contributed by atoms with Crippen LogP contribution in [0, 0.1) is 0 Å². The van der Waals surface area contributed by atoms with Crippen molar-refractivity contribution in [1.29, 1.82) is 0 Å². The van der Waals surface area contributed by atoms with Gasteiger partial charge in [0.1, 0.15) is 11.4 Å². The number of hydrogen-bond acceptors (Lipinski definition) is 5. The highest BCUT2D eigenvalue weighted by Gasteiger charge is 2.42. The number of anilines is 1. The predicted molar refractivity (Wildman–Crippen MR) is 94.6 cm³/mol. The van der Waals surface area contributed by atoms with Crippen LogP contribution >= 0.6 is 11.3 Å². The van der Waals surface area contributed by atoms with Crippen molar-refractivity contribution < 1.29 is 9.53 Å². The average Bonchev–Trinajstić information content (AvgIpc) is 3.17. The number of nitrogens with zero attached hydrogens (tertiary/aromatic N) is 3. The van der Waals surface area contributed by atoms with E-state index < -0.39 is 0 Å². The van der Waals surface area contributed by atoms with Crippen LogP contribution in [0.5, 0.6) is 0 Å². The van der Waals surface area contributed by atoms with Crippen molar-refractivity contribution in [3.63, 3.8) is 0 Å². The molecule has 1 amide bonds. The SMILES string of the molecule is O=C(c1ccsc1)N1CCO[C@@]2(CCCN(c3ccccn3)C2)C1. The van der Waals surface area contributed by atoms with Gasteiger partial charge in [0, 0.05) is 24.7 Å². The van der Waals surface area contributed by atoms with E-state index in [2.05, 4.69) is 9.88 Å². The zero-order valence-corrected chi connectivity index (χ0v) is 14.4. The average molecular weight is 343 g/mol. The fourth-order valence-corrected chi connectivity index (χ4v) is 4.30. The lowest BCUT2D eigenvalue weighted by atomic mass is 9.90. The highest BCUT2D eigenvalue weighted by atomic mass is 32.1. The number of rotatable bonds is 2. The number of morpholine rings is 1. The molecule has 0 aliphatic carbocycles. The van der Waals surface area contributed by atoms with E-state index in [-0.39, 0.29) is 11.5 Å². The van der Waals surface area contributed by atoms with Crippen LogP contribution < -0.4 is 4.90 Å².